The van der Waals surface area contributed by atoms with Crippen molar-refractivity contribution in [1.82, 2.24) is 0 Å². The van der Waals surface area contributed by atoms with Gasteiger partial charge in [-0.2, -0.15) is 0 Å². The van der Waals surface area contributed by atoms with Crippen LogP contribution in [0, 0.1) is 11.8 Å². The van der Waals surface area contributed by atoms with Gasteiger partial charge < -0.3 is 24.2 Å². The van der Waals surface area contributed by atoms with E-state index in [1.54, 1.807) is 0 Å². The number of ether oxygens (including phenoxy) is 3. The maximum absolute atomic E-state index is 14.2. The summed E-state index contributed by atoms with van der Waals surface area (Å²) in [6, 6.07) is 1.83. The number of hydrogen-bond acceptors (Lipinski definition) is 7. The maximum atomic E-state index is 14.2. The lowest BCUT2D eigenvalue weighted by Crippen LogP contribution is -2.46. The van der Waals surface area contributed by atoms with Gasteiger partial charge in [-0.25, -0.2) is 4.79 Å². The minimum Gasteiger partial charge on any atom is -0.465 e. The molecule has 1 saturated heterocycles. The summed E-state index contributed by atoms with van der Waals surface area (Å²) in [4.78, 5) is 30.2. The van der Waals surface area contributed by atoms with Crippen LogP contribution in [0.3, 0.4) is 0 Å². The van der Waals surface area contributed by atoms with Gasteiger partial charge in [-0.3, -0.25) is 4.79 Å². The number of methoxy groups -OCH3 is 1. The largest absolute Gasteiger partial charge is 0.465 e. The van der Waals surface area contributed by atoms with Crippen LogP contribution in [0.2, 0.25) is 0 Å². The number of anilines is 1. The summed E-state index contributed by atoms with van der Waals surface area (Å²) in [5.41, 5.74) is -0.550. The number of rotatable bonds is 11. The van der Waals surface area contributed by atoms with E-state index in [-0.39, 0.29) is 30.3 Å². The summed E-state index contributed by atoms with van der Waals surface area (Å²) in [6.45, 7) is 7.18. The Kier molecular flexibility index (Phi) is 11.3. The Labute approximate surface area is 244 Å². The van der Waals surface area contributed by atoms with Crippen LogP contribution in [0.15, 0.2) is 18.2 Å². The minimum absolute atomic E-state index is 0.0453. The quantitative estimate of drug-likeness (QED) is 0.224. The first-order chi connectivity index (χ1) is 19.3. The normalized spacial score (nSPS) is 28.6. The molecule has 0 spiro atoms. The molecule has 4 atom stereocenters. The third-order valence-corrected chi connectivity index (χ3v) is 10.3. The minimum atomic E-state index is -1.13. The van der Waals surface area contributed by atoms with E-state index in [1.165, 1.54) is 18.4 Å². The number of thiophene rings is 1. The zero-order valence-corrected chi connectivity index (χ0v) is 25.7. The molecule has 3 unspecified atom stereocenters. The number of carbonyl (C=O) groups is 2. The van der Waals surface area contributed by atoms with Crippen LogP contribution in [0.1, 0.15) is 119 Å². The van der Waals surface area contributed by atoms with Crippen molar-refractivity contribution in [2.75, 3.05) is 18.6 Å². The van der Waals surface area contributed by atoms with Crippen LogP contribution in [0.5, 0.6) is 0 Å². The van der Waals surface area contributed by atoms with Crippen LogP contribution < -0.4 is 4.90 Å². The molecule has 1 saturated carbocycles. The van der Waals surface area contributed by atoms with E-state index in [9.17, 15) is 14.7 Å². The number of hydrogen-bond donors (Lipinski definition) is 1. The Hall–Kier alpha value is -1.74. The smallest absolute Gasteiger partial charge is 0.350 e. The maximum Gasteiger partial charge on any atom is 0.350 e. The number of esters is 1. The van der Waals surface area contributed by atoms with Crippen LogP contribution >= 0.6 is 11.3 Å². The van der Waals surface area contributed by atoms with Crippen molar-refractivity contribution in [2.24, 2.45) is 11.8 Å². The third-order valence-electron chi connectivity index (χ3n) is 9.03. The van der Waals surface area contributed by atoms with Gasteiger partial charge in [0.1, 0.15) is 10.5 Å². The molecule has 1 amide bonds. The highest BCUT2D eigenvalue weighted by Gasteiger charge is 2.39. The van der Waals surface area contributed by atoms with E-state index in [1.807, 2.05) is 30.0 Å². The molecule has 0 radical (unpaired) electrons. The van der Waals surface area contributed by atoms with E-state index in [4.69, 9.17) is 14.2 Å². The molecule has 0 aromatic carbocycles. The summed E-state index contributed by atoms with van der Waals surface area (Å²) in [7, 11) is 1.37. The predicted molar refractivity (Wildman–Crippen MR) is 159 cm³/mol. The Morgan fingerprint density at radius 1 is 1.15 bits per heavy atom. The van der Waals surface area contributed by atoms with Gasteiger partial charge >= 0.3 is 5.97 Å². The SMILES string of the molecule is CCC(C)CC[C@H](C)C(=O)N(c1cc(C2(O)C=CCCC2)sc1C(=O)OC)C1CCC(OC2CCCCO2)CC1. The van der Waals surface area contributed by atoms with E-state index < -0.39 is 11.6 Å². The van der Waals surface area contributed by atoms with Gasteiger partial charge in [-0.15, -0.1) is 11.3 Å². The summed E-state index contributed by atoms with van der Waals surface area (Å²) in [5, 5.41) is 11.5. The van der Waals surface area contributed by atoms with E-state index in [2.05, 4.69) is 13.8 Å². The first-order valence-corrected chi connectivity index (χ1v) is 16.3. The lowest BCUT2D eigenvalue weighted by Gasteiger charge is -2.39. The van der Waals surface area contributed by atoms with Crippen molar-refractivity contribution in [3.05, 3.63) is 28.0 Å². The number of amides is 1. The van der Waals surface area contributed by atoms with Crippen LogP contribution in [0.25, 0.3) is 0 Å². The summed E-state index contributed by atoms with van der Waals surface area (Å²) < 4.78 is 17.3. The zero-order chi connectivity index (χ0) is 28.7. The molecule has 1 aromatic rings. The molecule has 1 aromatic heterocycles. The topological polar surface area (TPSA) is 85.3 Å². The lowest BCUT2D eigenvalue weighted by atomic mass is 9.88. The summed E-state index contributed by atoms with van der Waals surface area (Å²) >= 11 is 1.25. The van der Waals surface area contributed by atoms with Gasteiger partial charge in [-0.05, 0) is 89.0 Å². The highest BCUT2D eigenvalue weighted by Crippen LogP contribution is 2.44. The second-order valence-corrected chi connectivity index (χ2v) is 13.2. The molecule has 0 bridgehead atoms. The summed E-state index contributed by atoms with van der Waals surface area (Å²) in [5.74, 6) is -0.0377. The van der Waals surface area contributed by atoms with E-state index in [0.29, 0.717) is 27.8 Å². The molecule has 2 fully saturated rings. The van der Waals surface area contributed by atoms with Crippen LogP contribution in [-0.4, -0.2) is 49.1 Å². The van der Waals surface area contributed by atoms with Crippen LogP contribution in [-0.2, 0) is 24.6 Å². The molecule has 1 aliphatic heterocycles. The number of allylic oxidation sites excluding steroid dienone is 1. The van der Waals surface area contributed by atoms with Crippen molar-refractivity contribution in [3.8, 4) is 0 Å². The molecular formula is C32H49NO6S. The van der Waals surface area contributed by atoms with Crippen molar-refractivity contribution in [3.63, 3.8) is 0 Å². The van der Waals surface area contributed by atoms with E-state index in [0.717, 1.165) is 83.7 Å². The second-order valence-electron chi connectivity index (χ2n) is 12.1. The monoisotopic (exact) mass is 575 g/mol. The van der Waals surface area contributed by atoms with Gasteiger partial charge in [-0.1, -0.05) is 39.3 Å². The molecule has 224 valence electrons. The zero-order valence-electron chi connectivity index (χ0n) is 24.9. The number of aliphatic hydroxyl groups is 1. The van der Waals surface area contributed by atoms with Crippen molar-refractivity contribution in [2.45, 2.75) is 128 Å². The lowest BCUT2D eigenvalue weighted by molar-refractivity contribution is -0.193. The van der Waals surface area contributed by atoms with Crippen LogP contribution in [0.4, 0.5) is 5.69 Å². The molecule has 7 nitrogen and oxygen atoms in total. The standard InChI is InChI=1S/C32H49NO6S/c1-5-22(2)12-13-23(3)30(34)33(24-14-16-25(17-15-24)39-28-11-7-10-20-38-28)26-21-27(40-29(26)31(35)37-4)32(36)18-8-6-9-19-32/h8,18,21-25,28,36H,5-7,9-17,19-20H2,1-4H3/t22?,23-,24?,25?,28?,32?/m0/s1. The number of carbonyl (C=O) groups excluding carboxylic acids is 2. The predicted octanol–water partition coefficient (Wildman–Crippen LogP) is 7.11. The average molecular weight is 576 g/mol. The fraction of sp³-hybridized carbons (Fsp3) is 0.750. The van der Waals surface area contributed by atoms with Gasteiger partial charge in [0.05, 0.1) is 18.9 Å². The second kappa shape index (κ2) is 14.4. The molecular weight excluding hydrogens is 526 g/mol. The highest BCUT2D eigenvalue weighted by molar-refractivity contribution is 7.14. The first kappa shape index (κ1) is 31.2. The van der Waals surface area contributed by atoms with Gasteiger partial charge in [0, 0.05) is 23.4 Å². The average Bonchev–Trinajstić information content (AvgIpc) is 3.43. The van der Waals surface area contributed by atoms with Gasteiger partial charge in [0.25, 0.3) is 0 Å². The Morgan fingerprint density at radius 3 is 2.55 bits per heavy atom. The first-order valence-electron chi connectivity index (χ1n) is 15.5. The number of nitrogens with zero attached hydrogens (tertiary/aromatic N) is 1. The molecule has 2 heterocycles. The fourth-order valence-electron chi connectivity index (χ4n) is 6.14. The molecule has 8 heteroatoms. The third kappa shape index (κ3) is 7.55. The van der Waals surface area contributed by atoms with Gasteiger partial charge in [0.2, 0.25) is 5.91 Å². The fourth-order valence-corrected chi connectivity index (χ4v) is 7.30. The highest BCUT2D eigenvalue weighted by atomic mass is 32.1. The van der Waals surface area contributed by atoms with Crippen molar-refractivity contribution in [1.29, 1.82) is 0 Å². The molecule has 1 N–H and O–H groups in total. The Bertz CT molecular complexity index is 1010. The van der Waals surface area contributed by atoms with Gasteiger partial charge in [0.15, 0.2) is 6.29 Å². The van der Waals surface area contributed by atoms with Crippen molar-refractivity contribution < 1.29 is 28.9 Å². The van der Waals surface area contributed by atoms with Crippen molar-refractivity contribution >= 4 is 28.9 Å². The molecule has 4 rings (SSSR count). The Balaban J connectivity index is 1.61. The van der Waals surface area contributed by atoms with E-state index >= 15 is 0 Å². The molecule has 40 heavy (non-hydrogen) atoms. The molecule has 3 aliphatic rings. The Morgan fingerprint density at radius 2 is 1.93 bits per heavy atom. The summed E-state index contributed by atoms with van der Waals surface area (Å²) in [6.07, 6.45) is 15.5. The molecule has 2 aliphatic carbocycles.